The molecule has 1 heterocycles. The van der Waals surface area contributed by atoms with Gasteiger partial charge >= 0.3 is 0 Å². The van der Waals surface area contributed by atoms with E-state index in [1.807, 2.05) is 47.4 Å². The molecule has 1 aliphatic heterocycles. The Morgan fingerprint density at radius 3 is 2.60 bits per heavy atom. The number of methoxy groups -OCH3 is 1. The van der Waals surface area contributed by atoms with Gasteiger partial charge in [-0.25, -0.2) is 4.39 Å². The van der Waals surface area contributed by atoms with Gasteiger partial charge in [-0.05, 0) is 48.2 Å². The molecule has 2 amide bonds. The van der Waals surface area contributed by atoms with Crippen molar-refractivity contribution in [1.29, 1.82) is 0 Å². The number of nitrogens with one attached hydrogen (secondary N) is 1. The SMILES string of the molecule is COCCOc1ccc(C(N)=O)c(-c2cc(C(CN[C@@H]3CCCN(C(C)=O)C3)c3ccccc3)ccc2Cl)c1F. The van der Waals surface area contributed by atoms with E-state index in [1.165, 1.54) is 19.2 Å². The molecule has 3 aromatic rings. The summed E-state index contributed by atoms with van der Waals surface area (Å²) in [7, 11) is 1.53. The van der Waals surface area contributed by atoms with Crippen LogP contribution in [0.4, 0.5) is 4.39 Å². The van der Waals surface area contributed by atoms with E-state index in [2.05, 4.69) is 5.32 Å². The number of primary amides is 1. The van der Waals surface area contributed by atoms with Crippen LogP contribution in [0.3, 0.4) is 0 Å². The maximum absolute atomic E-state index is 15.9. The summed E-state index contributed by atoms with van der Waals surface area (Å²) in [5.41, 5.74) is 7.96. The van der Waals surface area contributed by atoms with Gasteiger partial charge in [0, 0.05) is 61.8 Å². The van der Waals surface area contributed by atoms with Crippen molar-refractivity contribution in [3.63, 3.8) is 0 Å². The zero-order valence-corrected chi connectivity index (χ0v) is 23.5. The summed E-state index contributed by atoms with van der Waals surface area (Å²) in [4.78, 5) is 26.1. The molecule has 0 saturated carbocycles. The highest BCUT2D eigenvalue weighted by atomic mass is 35.5. The minimum atomic E-state index is -0.771. The third-order valence-electron chi connectivity index (χ3n) is 7.26. The number of halogens is 2. The van der Waals surface area contributed by atoms with Gasteiger partial charge in [-0.3, -0.25) is 9.59 Å². The Kier molecular flexibility index (Phi) is 10.1. The van der Waals surface area contributed by atoms with Crippen molar-refractivity contribution >= 4 is 23.4 Å². The molecule has 7 nitrogen and oxygen atoms in total. The van der Waals surface area contributed by atoms with Crippen LogP contribution in [0, 0.1) is 5.82 Å². The summed E-state index contributed by atoms with van der Waals surface area (Å²) in [5.74, 6) is -1.53. The van der Waals surface area contributed by atoms with E-state index in [-0.39, 0.29) is 53.0 Å². The number of piperidine rings is 1. The molecule has 1 unspecified atom stereocenters. The molecule has 1 aliphatic rings. The average molecular weight is 568 g/mol. The van der Waals surface area contributed by atoms with Crippen LogP contribution in [0.1, 0.15) is 47.2 Å². The van der Waals surface area contributed by atoms with E-state index in [4.69, 9.17) is 26.8 Å². The normalized spacial score (nSPS) is 16.0. The monoisotopic (exact) mass is 567 g/mol. The lowest BCUT2D eigenvalue weighted by molar-refractivity contribution is -0.130. The van der Waals surface area contributed by atoms with E-state index >= 15 is 4.39 Å². The number of rotatable bonds is 11. The highest BCUT2D eigenvalue weighted by Gasteiger charge is 2.25. The van der Waals surface area contributed by atoms with Crippen molar-refractivity contribution in [2.24, 2.45) is 5.73 Å². The summed E-state index contributed by atoms with van der Waals surface area (Å²) in [5, 5.41) is 3.93. The van der Waals surface area contributed by atoms with Crippen LogP contribution >= 0.6 is 11.6 Å². The quantitative estimate of drug-likeness (QED) is 0.318. The van der Waals surface area contributed by atoms with Crippen LogP contribution in [0.5, 0.6) is 5.75 Å². The Morgan fingerprint density at radius 2 is 1.90 bits per heavy atom. The van der Waals surface area contributed by atoms with E-state index in [9.17, 15) is 9.59 Å². The lowest BCUT2D eigenvalue weighted by Gasteiger charge is -2.33. The van der Waals surface area contributed by atoms with Crippen LogP contribution in [0.2, 0.25) is 5.02 Å². The van der Waals surface area contributed by atoms with Crippen LogP contribution in [-0.4, -0.2) is 62.7 Å². The van der Waals surface area contributed by atoms with Crippen molar-refractivity contribution in [1.82, 2.24) is 10.2 Å². The molecule has 9 heteroatoms. The van der Waals surface area contributed by atoms with Crippen molar-refractivity contribution in [2.75, 3.05) is 40.0 Å². The van der Waals surface area contributed by atoms with Crippen molar-refractivity contribution in [3.05, 3.63) is 88.2 Å². The lowest BCUT2D eigenvalue weighted by atomic mass is 9.88. The number of hydrogen-bond donors (Lipinski definition) is 2. The van der Waals surface area contributed by atoms with Gasteiger partial charge in [0.05, 0.1) is 12.2 Å². The van der Waals surface area contributed by atoms with Gasteiger partial charge in [-0.15, -0.1) is 0 Å². The lowest BCUT2D eigenvalue weighted by Crippen LogP contribution is -2.48. The van der Waals surface area contributed by atoms with Crippen LogP contribution < -0.4 is 15.8 Å². The first-order chi connectivity index (χ1) is 19.3. The van der Waals surface area contributed by atoms with Crippen LogP contribution in [0.15, 0.2) is 60.7 Å². The predicted octanol–water partition coefficient (Wildman–Crippen LogP) is 5.00. The Morgan fingerprint density at radius 1 is 1.12 bits per heavy atom. The molecule has 0 radical (unpaired) electrons. The summed E-state index contributed by atoms with van der Waals surface area (Å²) < 4.78 is 26.4. The molecule has 2 atom stereocenters. The molecule has 1 fully saturated rings. The second-order valence-corrected chi connectivity index (χ2v) is 10.3. The number of benzene rings is 3. The summed E-state index contributed by atoms with van der Waals surface area (Å²) in [6.45, 7) is 4.04. The smallest absolute Gasteiger partial charge is 0.249 e. The van der Waals surface area contributed by atoms with Crippen molar-refractivity contribution < 1.29 is 23.5 Å². The number of carbonyl (C=O) groups is 2. The maximum atomic E-state index is 15.9. The minimum absolute atomic E-state index is 0.00146. The fourth-order valence-electron chi connectivity index (χ4n) is 5.15. The summed E-state index contributed by atoms with van der Waals surface area (Å²) in [6, 6.07) is 18.4. The highest BCUT2D eigenvalue weighted by Crippen LogP contribution is 2.39. The van der Waals surface area contributed by atoms with Crippen molar-refractivity contribution in [3.8, 4) is 16.9 Å². The van der Waals surface area contributed by atoms with Crippen LogP contribution in [0.25, 0.3) is 11.1 Å². The molecule has 1 saturated heterocycles. The summed E-state index contributed by atoms with van der Waals surface area (Å²) >= 11 is 6.62. The van der Waals surface area contributed by atoms with Gasteiger partial charge in [0.2, 0.25) is 11.8 Å². The van der Waals surface area contributed by atoms with Crippen molar-refractivity contribution in [2.45, 2.75) is 31.7 Å². The zero-order valence-electron chi connectivity index (χ0n) is 22.8. The maximum Gasteiger partial charge on any atom is 0.249 e. The Hall–Kier alpha value is -3.46. The molecule has 0 aromatic heterocycles. The Balaban J connectivity index is 1.72. The Labute approximate surface area is 239 Å². The van der Waals surface area contributed by atoms with Gasteiger partial charge in [0.15, 0.2) is 11.6 Å². The summed E-state index contributed by atoms with van der Waals surface area (Å²) in [6.07, 6.45) is 1.91. The number of likely N-dealkylation sites (tertiary alicyclic amines) is 1. The highest BCUT2D eigenvalue weighted by molar-refractivity contribution is 6.33. The topological polar surface area (TPSA) is 93.9 Å². The molecule has 0 bridgehead atoms. The fourth-order valence-corrected chi connectivity index (χ4v) is 5.36. The molecule has 0 spiro atoms. The average Bonchev–Trinajstić information content (AvgIpc) is 2.95. The molecule has 3 N–H and O–H groups in total. The van der Waals surface area contributed by atoms with Gasteiger partial charge in [-0.2, -0.15) is 0 Å². The molecular formula is C31H35ClFN3O4. The second kappa shape index (κ2) is 13.7. The molecule has 3 aromatic carbocycles. The second-order valence-electron chi connectivity index (χ2n) is 9.92. The molecule has 212 valence electrons. The van der Waals surface area contributed by atoms with Gasteiger partial charge in [0.1, 0.15) is 6.61 Å². The first-order valence-corrected chi connectivity index (χ1v) is 13.8. The Bertz CT molecular complexity index is 1340. The number of nitrogens with two attached hydrogens (primary N) is 1. The minimum Gasteiger partial charge on any atom is -0.488 e. The first-order valence-electron chi connectivity index (χ1n) is 13.4. The largest absolute Gasteiger partial charge is 0.488 e. The van der Waals surface area contributed by atoms with E-state index in [1.54, 1.807) is 13.0 Å². The molecular weight excluding hydrogens is 533 g/mol. The number of amides is 2. The molecule has 0 aliphatic carbocycles. The van der Waals surface area contributed by atoms with E-state index < -0.39 is 11.7 Å². The van der Waals surface area contributed by atoms with Gasteiger partial charge in [0.25, 0.3) is 0 Å². The van der Waals surface area contributed by atoms with Gasteiger partial charge in [-0.1, -0.05) is 48.0 Å². The van der Waals surface area contributed by atoms with E-state index in [0.29, 0.717) is 18.7 Å². The standard InChI is InChI=1S/C31H35ClFN3O4/c1-20(37)36-14-6-9-23(19-36)35-18-26(21-7-4-3-5-8-21)22-10-12-27(32)25(17-22)29-24(31(34)38)11-13-28(30(29)33)40-16-15-39-2/h3-5,7-8,10-13,17,23,26,35H,6,9,14-16,18-19H2,1-2H3,(H2,34,38)/t23-,26?/m1/s1. The number of nitrogens with zero attached hydrogens (tertiary/aromatic N) is 1. The fraction of sp³-hybridized carbons (Fsp3) is 0.355. The number of hydrogen-bond acceptors (Lipinski definition) is 5. The third-order valence-corrected chi connectivity index (χ3v) is 7.59. The third kappa shape index (κ3) is 6.99. The number of ether oxygens (including phenoxy) is 2. The number of carbonyl (C=O) groups excluding carboxylic acids is 2. The first kappa shape index (κ1) is 29.5. The van der Waals surface area contributed by atoms with Gasteiger partial charge < -0.3 is 25.4 Å². The zero-order chi connectivity index (χ0) is 28.6. The molecule has 40 heavy (non-hydrogen) atoms. The predicted molar refractivity (Wildman–Crippen MR) is 154 cm³/mol. The van der Waals surface area contributed by atoms with Crippen LogP contribution in [-0.2, 0) is 9.53 Å². The van der Waals surface area contributed by atoms with E-state index in [0.717, 1.165) is 30.5 Å². The molecule has 4 rings (SSSR count).